The van der Waals surface area contributed by atoms with Crippen LogP contribution in [0.2, 0.25) is 10.0 Å². The summed E-state index contributed by atoms with van der Waals surface area (Å²) in [4.78, 5) is 25.5. The van der Waals surface area contributed by atoms with Crippen molar-refractivity contribution >= 4 is 40.8 Å². The van der Waals surface area contributed by atoms with Gasteiger partial charge in [0.2, 0.25) is 0 Å². The molecular formula is C17H12Cl2N2O3. The molecule has 2 aromatic rings. The van der Waals surface area contributed by atoms with Crippen molar-refractivity contribution in [1.29, 1.82) is 5.26 Å². The quantitative estimate of drug-likeness (QED) is 0.600. The zero-order valence-corrected chi connectivity index (χ0v) is 13.9. The van der Waals surface area contributed by atoms with E-state index >= 15 is 0 Å². The second-order valence-electron chi connectivity index (χ2n) is 4.67. The monoisotopic (exact) mass is 362 g/mol. The van der Waals surface area contributed by atoms with Crippen LogP contribution in [-0.4, -0.2) is 25.0 Å². The van der Waals surface area contributed by atoms with Gasteiger partial charge in [0.15, 0.2) is 6.61 Å². The smallest absolute Gasteiger partial charge is 0.340 e. The number of nitrogens with zero attached hydrogens (tertiary/aromatic N) is 2. The zero-order chi connectivity index (χ0) is 17.5. The molecule has 0 unspecified atom stereocenters. The number of hydrogen-bond acceptors (Lipinski definition) is 4. The van der Waals surface area contributed by atoms with Crippen LogP contribution in [0.15, 0.2) is 48.5 Å². The number of rotatable bonds is 5. The van der Waals surface area contributed by atoms with Crippen LogP contribution < -0.4 is 4.90 Å². The van der Waals surface area contributed by atoms with E-state index in [0.29, 0.717) is 10.7 Å². The molecule has 0 aliphatic heterocycles. The number of benzene rings is 2. The minimum absolute atomic E-state index is 0.0727. The number of amides is 1. The first kappa shape index (κ1) is 17.8. The Balaban J connectivity index is 2.07. The van der Waals surface area contributed by atoms with Gasteiger partial charge in [-0.1, -0.05) is 41.4 Å². The van der Waals surface area contributed by atoms with E-state index in [-0.39, 0.29) is 17.1 Å². The van der Waals surface area contributed by atoms with Crippen molar-refractivity contribution in [1.82, 2.24) is 0 Å². The molecule has 0 saturated heterocycles. The van der Waals surface area contributed by atoms with Crippen molar-refractivity contribution in [2.24, 2.45) is 0 Å². The Kier molecular flexibility index (Phi) is 6.19. The third kappa shape index (κ3) is 4.48. The van der Waals surface area contributed by atoms with Crippen LogP contribution in [0.4, 0.5) is 5.69 Å². The Hall–Kier alpha value is -2.55. The van der Waals surface area contributed by atoms with Crippen LogP contribution in [-0.2, 0) is 9.53 Å². The van der Waals surface area contributed by atoms with Gasteiger partial charge in [-0.3, -0.25) is 9.69 Å². The van der Waals surface area contributed by atoms with Gasteiger partial charge in [-0.2, -0.15) is 5.26 Å². The Bertz CT molecular complexity index is 788. The molecule has 0 fully saturated rings. The molecule has 122 valence electrons. The number of para-hydroxylation sites is 1. The molecule has 0 radical (unpaired) electrons. The van der Waals surface area contributed by atoms with Gasteiger partial charge in [0.1, 0.15) is 6.54 Å². The lowest BCUT2D eigenvalue weighted by Crippen LogP contribution is -2.35. The van der Waals surface area contributed by atoms with Gasteiger partial charge in [-0.05, 0) is 30.3 Å². The van der Waals surface area contributed by atoms with Gasteiger partial charge in [0, 0.05) is 10.7 Å². The molecule has 24 heavy (non-hydrogen) atoms. The van der Waals surface area contributed by atoms with E-state index in [1.807, 2.05) is 6.07 Å². The summed E-state index contributed by atoms with van der Waals surface area (Å²) in [6.45, 7) is -0.670. The summed E-state index contributed by atoms with van der Waals surface area (Å²) in [5.41, 5.74) is 0.615. The second-order valence-corrected chi connectivity index (χ2v) is 5.52. The molecular weight excluding hydrogens is 351 g/mol. The van der Waals surface area contributed by atoms with Crippen molar-refractivity contribution in [2.75, 3.05) is 18.1 Å². The molecule has 2 aromatic carbocycles. The van der Waals surface area contributed by atoms with Gasteiger partial charge in [0.25, 0.3) is 5.91 Å². The fourth-order valence-electron chi connectivity index (χ4n) is 1.94. The molecule has 0 heterocycles. The standard InChI is InChI=1S/C17H12Cl2N2O3/c18-12-6-7-15(19)14(10-12)17(23)24-11-16(22)21(9-8-20)13-4-2-1-3-5-13/h1-7,10H,9,11H2. The Morgan fingerprint density at radius 1 is 1.12 bits per heavy atom. The summed E-state index contributed by atoms with van der Waals surface area (Å²) in [7, 11) is 0. The third-order valence-corrected chi connectivity index (χ3v) is 3.64. The third-order valence-electron chi connectivity index (χ3n) is 3.07. The van der Waals surface area contributed by atoms with E-state index in [9.17, 15) is 9.59 Å². The van der Waals surface area contributed by atoms with Crippen molar-refractivity contribution in [3.8, 4) is 6.07 Å². The van der Waals surface area contributed by atoms with Gasteiger partial charge >= 0.3 is 5.97 Å². The largest absolute Gasteiger partial charge is 0.452 e. The van der Waals surface area contributed by atoms with Crippen LogP contribution in [0.1, 0.15) is 10.4 Å². The van der Waals surface area contributed by atoms with E-state index in [2.05, 4.69) is 0 Å². The molecule has 5 nitrogen and oxygen atoms in total. The van der Waals surface area contributed by atoms with Crippen LogP contribution in [0.3, 0.4) is 0 Å². The summed E-state index contributed by atoms with van der Waals surface area (Å²) in [5.74, 6) is -1.28. The predicted octanol–water partition coefficient (Wildman–Crippen LogP) is 3.71. The zero-order valence-electron chi connectivity index (χ0n) is 12.4. The highest BCUT2D eigenvalue weighted by Gasteiger charge is 2.19. The molecule has 0 spiro atoms. The van der Waals surface area contributed by atoms with Crippen LogP contribution in [0.5, 0.6) is 0 Å². The normalized spacial score (nSPS) is 9.88. The first-order valence-corrected chi connectivity index (χ1v) is 7.63. The Morgan fingerprint density at radius 3 is 2.50 bits per heavy atom. The molecule has 0 aliphatic carbocycles. The molecule has 0 N–H and O–H groups in total. The predicted molar refractivity (Wildman–Crippen MR) is 91.2 cm³/mol. The molecule has 0 saturated carbocycles. The van der Waals surface area contributed by atoms with Crippen molar-refractivity contribution < 1.29 is 14.3 Å². The number of carbonyl (C=O) groups excluding carboxylic acids is 2. The Labute approximate surface area is 149 Å². The summed E-state index contributed by atoms with van der Waals surface area (Å²) in [6, 6.07) is 14.9. The maximum absolute atomic E-state index is 12.3. The maximum atomic E-state index is 12.3. The molecule has 2 rings (SSSR count). The highest BCUT2D eigenvalue weighted by molar-refractivity contribution is 6.35. The lowest BCUT2D eigenvalue weighted by atomic mass is 10.2. The minimum atomic E-state index is -0.763. The average Bonchev–Trinajstić information content (AvgIpc) is 2.60. The number of halogens is 2. The van der Waals surface area contributed by atoms with Gasteiger partial charge < -0.3 is 4.74 Å². The maximum Gasteiger partial charge on any atom is 0.340 e. The lowest BCUT2D eigenvalue weighted by Gasteiger charge is -2.19. The van der Waals surface area contributed by atoms with Gasteiger partial charge in [-0.15, -0.1) is 0 Å². The minimum Gasteiger partial charge on any atom is -0.452 e. The molecule has 0 bridgehead atoms. The average molecular weight is 363 g/mol. The summed E-state index contributed by atoms with van der Waals surface area (Å²) in [5, 5.41) is 9.39. The number of nitriles is 1. The van der Waals surface area contributed by atoms with E-state index in [1.54, 1.807) is 30.3 Å². The van der Waals surface area contributed by atoms with E-state index in [0.717, 1.165) is 0 Å². The summed E-state index contributed by atoms with van der Waals surface area (Å²) >= 11 is 11.7. The topological polar surface area (TPSA) is 70.4 Å². The summed E-state index contributed by atoms with van der Waals surface area (Å²) < 4.78 is 4.99. The first-order chi connectivity index (χ1) is 11.5. The van der Waals surface area contributed by atoms with Crippen LogP contribution in [0, 0.1) is 11.3 Å². The molecule has 0 atom stereocenters. The van der Waals surface area contributed by atoms with E-state index in [4.69, 9.17) is 33.2 Å². The van der Waals surface area contributed by atoms with Gasteiger partial charge in [0.05, 0.1) is 16.7 Å². The highest BCUT2D eigenvalue weighted by atomic mass is 35.5. The molecule has 1 amide bonds. The van der Waals surface area contributed by atoms with E-state index in [1.165, 1.54) is 23.1 Å². The number of carbonyl (C=O) groups is 2. The summed E-state index contributed by atoms with van der Waals surface area (Å²) in [6.07, 6.45) is 0. The number of esters is 1. The van der Waals surface area contributed by atoms with Crippen molar-refractivity contribution in [3.63, 3.8) is 0 Å². The van der Waals surface area contributed by atoms with Crippen LogP contribution >= 0.6 is 23.2 Å². The molecule has 0 aromatic heterocycles. The van der Waals surface area contributed by atoms with Crippen molar-refractivity contribution in [2.45, 2.75) is 0 Å². The Morgan fingerprint density at radius 2 is 1.83 bits per heavy atom. The van der Waals surface area contributed by atoms with Crippen molar-refractivity contribution in [3.05, 3.63) is 64.1 Å². The number of hydrogen-bond donors (Lipinski definition) is 0. The van der Waals surface area contributed by atoms with Gasteiger partial charge in [-0.25, -0.2) is 4.79 Å². The highest BCUT2D eigenvalue weighted by Crippen LogP contribution is 2.21. The molecule has 7 heteroatoms. The number of ether oxygens (including phenoxy) is 1. The lowest BCUT2D eigenvalue weighted by molar-refractivity contribution is -0.121. The first-order valence-electron chi connectivity index (χ1n) is 6.87. The second kappa shape index (κ2) is 8.34. The molecule has 0 aliphatic rings. The SMILES string of the molecule is N#CCN(C(=O)COC(=O)c1cc(Cl)ccc1Cl)c1ccccc1. The van der Waals surface area contributed by atoms with Crippen LogP contribution in [0.25, 0.3) is 0 Å². The fraction of sp³-hybridized carbons (Fsp3) is 0.118. The fourth-order valence-corrected chi connectivity index (χ4v) is 2.31. The van der Waals surface area contributed by atoms with E-state index < -0.39 is 18.5 Å². The number of anilines is 1.